The molecule has 0 bridgehead atoms. The van der Waals surface area contributed by atoms with Crippen LogP contribution < -0.4 is 0 Å². The van der Waals surface area contributed by atoms with Gasteiger partial charge in [-0.2, -0.15) is 23.5 Å². The lowest BCUT2D eigenvalue weighted by atomic mass is 9.87. The second-order valence-corrected chi connectivity index (χ2v) is 8.58. The van der Waals surface area contributed by atoms with Crippen LogP contribution in [0.5, 0.6) is 0 Å². The molecule has 1 fully saturated rings. The van der Waals surface area contributed by atoms with Gasteiger partial charge in [0, 0.05) is 48.3 Å². The third-order valence-corrected chi connectivity index (χ3v) is 5.96. The summed E-state index contributed by atoms with van der Waals surface area (Å²) in [6, 6.07) is 13.3. The van der Waals surface area contributed by atoms with Crippen molar-refractivity contribution in [2.45, 2.75) is 25.1 Å². The zero-order valence-corrected chi connectivity index (χ0v) is 18.3. The monoisotopic (exact) mass is 463 g/mol. The highest BCUT2D eigenvalue weighted by atomic mass is 19.4. The number of halogens is 3. The van der Waals surface area contributed by atoms with E-state index in [-0.39, 0.29) is 19.5 Å². The van der Waals surface area contributed by atoms with E-state index in [9.17, 15) is 18.4 Å². The van der Waals surface area contributed by atoms with E-state index in [4.69, 9.17) is 4.98 Å². The molecule has 0 unspecified atom stereocenters. The number of rotatable bonds is 5. The van der Waals surface area contributed by atoms with Gasteiger partial charge in [-0.25, -0.2) is 4.98 Å². The van der Waals surface area contributed by atoms with E-state index in [0.29, 0.717) is 17.1 Å². The number of fused-ring (bicyclic) bond motifs is 1. The van der Waals surface area contributed by atoms with E-state index < -0.39 is 18.3 Å². The minimum Gasteiger partial charge on any atom is -0.290 e. The molecule has 4 aromatic heterocycles. The summed E-state index contributed by atoms with van der Waals surface area (Å²) in [5.41, 5.74) is 3.60. The molecule has 0 aromatic carbocycles. The van der Waals surface area contributed by atoms with E-state index in [1.807, 2.05) is 37.3 Å². The van der Waals surface area contributed by atoms with Crippen LogP contribution in [0.1, 0.15) is 12.1 Å². The van der Waals surface area contributed by atoms with Crippen molar-refractivity contribution in [3.63, 3.8) is 0 Å². The molecule has 5 heterocycles. The van der Waals surface area contributed by atoms with Crippen LogP contribution in [0, 0.1) is 18.3 Å². The summed E-state index contributed by atoms with van der Waals surface area (Å²) >= 11 is 0. The lowest BCUT2D eigenvalue weighted by molar-refractivity contribution is -0.167. The van der Waals surface area contributed by atoms with Crippen molar-refractivity contribution >= 4 is 10.9 Å². The first-order valence-electron chi connectivity index (χ1n) is 10.7. The number of alkyl halides is 3. The van der Waals surface area contributed by atoms with Crippen LogP contribution in [0.2, 0.25) is 0 Å². The van der Waals surface area contributed by atoms with Crippen LogP contribution in [0.25, 0.3) is 33.5 Å². The Hall–Kier alpha value is -3.84. The van der Waals surface area contributed by atoms with Gasteiger partial charge in [0.05, 0.1) is 30.2 Å². The predicted molar refractivity (Wildman–Crippen MR) is 119 cm³/mol. The zero-order chi connectivity index (χ0) is 23.9. The van der Waals surface area contributed by atoms with E-state index in [0.717, 1.165) is 22.2 Å². The van der Waals surface area contributed by atoms with Gasteiger partial charge in [0.25, 0.3) is 0 Å². The first-order chi connectivity index (χ1) is 16.3. The Morgan fingerprint density at radius 3 is 2.65 bits per heavy atom. The summed E-state index contributed by atoms with van der Waals surface area (Å²) < 4.78 is 40.0. The molecule has 34 heavy (non-hydrogen) atoms. The second-order valence-electron chi connectivity index (χ2n) is 8.58. The highest BCUT2D eigenvalue weighted by Crippen LogP contribution is 2.36. The molecule has 172 valence electrons. The number of nitrogens with zero attached hydrogens (tertiary/aromatic N) is 7. The maximum atomic E-state index is 12.8. The summed E-state index contributed by atoms with van der Waals surface area (Å²) in [6.45, 7) is 1.11. The normalized spacial score (nSPS) is 15.7. The molecule has 7 nitrogen and oxygen atoms in total. The van der Waals surface area contributed by atoms with E-state index >= 15 is 0 Å². The number of nitriles is 1. The van der Waals surface area contributed by atoms with Gasteiger partial charge in [-0.3, -0.25) is 19.5 Å². The third kappa shape index (κ3) is 4.10. The van der Waals surface area contributed by atoms with Crippen molar-refractivity contribution in [3.05, 3.63) is 60.7 Å². The molecule has 0 spiro atoms. The first kappa shape index (κ1) is 22.0. The maximum Gasteiger partial charge on any atom is 0.401 e. The standard InChI is InChI=1S/C24H20F3N7/c1-16-11-17(4-9-29-16)20-12-21-18(3-2-8-30-21)22(31-20)19-5-10-34(32-19)23(6-7-28)13-33(14-23)15-24(25,26)27/h2-5,8-12H,6,13-15H2,1H3. The fourth-order valence-electron chi connectivity index (χ4n) is 4.47. The van der Waals surface area contributed by atoms with Crippen molar-refractivity contribution in [3.8, 4) is 28.7 Å². The summed E-state index contributed by atoms with van der Waals surface area (Å²) in [7, 11) is 0. The SMILES string of the molecule is Cc1cc(-c2cc3ncccc3c(-c3ccn(C4(CC#N)CN(CC(F)(F)F)C4)n3)n2)ccn1. The Kier molecular flexibility index (Phi) is 5.29. The van der Waals surface area contributed by atoms with Gasteiger partial charge in [0.1, 0.15) is 16.9 Å². The quantitative estimate of drug-likeness (QED) is 0.438. The van der Waals surface area contributed by atoms with E-state index in [1.165, 1.54) is 4.90 Å². The Balaban J connectivity index is 1.54. The fourth-order valence-corrected chi connectivity index (χ4v) is 4.47. The molecule has 0 aliphatic carbocycles. The lowest BCUT2D eigenvalue weighted by Crippen LogP contribution is -2.64. The minimum atomic E-state index is -4.28. The largest absolute Gasteiger partial charge is 0.401 e. The van der Waals surface area contributed by atoms with E-state index in [1.54, 1.807) is 29.3 Å². The molecule has 1 aliphatic heterocycles. The number of aryl methyl sites for hydroxylation is 1. The number of pyridine rings is 3. The van der Waals surface area contributed by atoms with Crippen LogP contribution in [-0.4, -0.2) is 55.4 Å². The summed E-state index contributed by atoms with van der Waals surface area (Å²) in [5.74, 6) is 0. The van der Waals surface area contributed by atoms with Crippen molar-refractivity contribution in [2.75, 3.05) is 19.6 Å². The second kappa shape index (κ2) is 8.18. The Labute approximate surface area is 193 Å². The van der Waals surface area contributed by atoms with Crippen molar-refractivity contribution in [1.29, 1.82) is 5.26 Å². The molecular formula is C24H20F3N7. The molecule has 1 saturated heterocycles. The smallest absolute Gasteiger partial charge is 0.290 e. The van der Waals surface area contributed by atoms with Gasteiger partial charge < -0.3 is 0 Å². The minimum absolute atomic E-state index is 0.0640. The van der Waals surface area contributed by atoms with Gasteiger partial charge in [-0.15, -0.1) is 0 Å². The third-order valence-electron chi connectivity index (χ3n) is 5.96. The van der Waals surface area contributed by atoms with Crippen molar-refractivity contribution < 1.29 is 13.2 Å². The average molecular weight is 463 g/mol. The maximum absolute atomic E-state index is 12.8. The molecule has 5 rings (SSSR count). The summed E-state index contributed by atoms with van der Waals surface area (Å²) in [4.78, 5) is 14.9. The highest BCUT2D eigenvalue weighted by Gasteiger charge is 2.48. The van der Waals surface area contributed by atoms with Crippen LogP contribution in [0.15, 0.2) is 55.0 Å². The van der Waals surface area contributed by atoms with Crippen molar-refractivity contribution in [1.82, 2.24) is 29.6 Å². The van der Waals surface area contributed by atoms with Gasteiger partial charge in [0.15, 0.2) is 0 Å². The first-order valence-corrected chi connectivity index (χ1v) is 10.7. The number of likely N-dealkylation sites (tertiary alicyclic amines) is 1. The van der Waals surface area contributed by atoms with Gasteiger partial charge in [-0.1, -0.05) is 0 Å². The van der Waals surface area contributed by atoms with Crippen LogP contribution in [-0.2, 0) is 5.54 Å². The van der Waals surface area contributed by atoms with Gasteiger partial charge in [-0.05, 0) is 43.3 Å². The van der Waals surface area contributed by atoms with Crippen LogP contribution in [0.3, 0.4) is 0 Å². The number of hydrogen-bond donors (Lipinski definition) is 0. The number of hydrogen-bond acceptors (Lipinski definition) is 6. The molecule has 0 saturated carbocycles. The van der Waals surface area contributed by atoms with E-state index in [2.05, 4.69) is 21.1 Å². The van der Waals surface area contributed by atoms with Crippen LogP contribution >= 0.6 is 0 Å². The molecule has 0 N–H and O–H groups in total. The zero-order valence-electron chi connectivity index (χ0n) is 18.3. The lowest BCUT2D eigenvalue weighted by Gasteiger charge is -2.49. The Bertz CT molecular complexity index is 1400. The molecule has 1 aliphatic rings. The molecule has 0 amide bonds. The topological polar surface area (TPSA) is 83.5 Å². The Morgan fingerprint density at radius 1 is 1.09 bits per heavy atom. The fraction of sp³-hybridized carbons (Fsp3) is 0.292. The molecule has 4 aromatic rings. The highest BCUT2D eigenvalue weighted by molar-refractivity contribution is 5.93. The molecular weight excluding hydrogens is 443 g/mol. The van der Waals surface area contributed by atoms with Gasteiger partial charge >= 0.3 is 6.18 Å². The number of aromatic nitrogens is 5. The average Bonchev–Trinajstić information content (AvgIpc) is 3.26. The molecule has 10 heteroatoms. The summed E-state index contributed by atoms with van der Waals surface area (Å²) in [5, 5.41) is 14.8. The molecule has 0 radical (unpaired) electrons. The van der Waals surface area contributed by atoms with Gasteiger partial charge in [0.2, 0.25) is 0 Å². The van der Waals surface area contributed by atoms with Crippen molar-refractivity contribution in [2.24, 2.45) is 0 Å². The predicted octanol–water partition coefficient (Wildman–Crippen LogP) is 4.35. The Morgan fingerprint density at radius 2 is 1.91 bits per heavy atom. The molecule has 0 atom stereocenters. The summed E-state index contributed by atoms with van der Waals surface area (Å²) in [6.07, 6.45) is 0.922. The van der Waals surface area contributed by atoms with Crippen LogP contribution in [0.4, 0.5) is 13.2 Å².